The van der Waals surface area contributed by atoms with Crippen LogP contribution >= 0.6 is 0 Å². The first kappa shape index (κ1) is 23.5. The quantitative estimate of drug-likeness (QED) is 0.609. The third kappa shape index (κ3) is 6.92. The monoisotopic (exact) mass is 452 g/mol. The number of phenols is 1. The molecule has 1 aromatic carbocycles. The van der Waals surface area contributed by atoms with Crippen molar-refractivity contribution in [2.75, 3.05) is 39.8 Å². The topological polar surface area (TPSA) is 77.9 Å². The van der Waals surface area contributed by atoms with Crippen molar-refractivity contribution in [2.45, 2.75) is 38.3 Å². The average Bonchev–Trinajstić information content (AvgIpc) is 3.24. The van der Waals surface area contributed by atoms with Crippen LogP contribution in [0.5, 0.6) is 11.5 Å². The van der Waals surface area contributed by atoms with Gasteiger partial charge in [0, 0.05) is 44.3 Å². The van der Waals surface area contributed by atoms with E-state index in [9.17, 15) is 9.90 Å². The number of amides is 1. The van der Waals surface area contributed by atoms with Gasteiger partial charge in [-0.1, -0.05) is 12.1 Å². The number of piperidine rings is 1. The lowest BCUT2D eigenvalue weighted by molar-refractivity contribution is -0.127. The van der Waals surface area contributed by atoms with E-state index in [2.05, 4.69) is 27.1 Å². The number of phenolic OH excluding ortho intramolecular Hbond substituents is 1. The molecule has 1 amide bonds. The van der Waals surface area contributed by atoms with Crippen LogP contribution in [0.15, 0.2) is 48.8 Å². The highest BCUT2D eigenvalue weighted by Crippen LogP contribution is 2.25. The summed E-state index contributed by atoms with van der Waals surface area (Å²) in [6.45, 7) is 4.82. The number of hydrogen-bond acceptors (Lipinski definition) is 6. The zero-order valence-corrected chi connectivity index (χ0v) is 19.5. The second kappa shape index (κ2) is 11.5. The van der Waals surface area contributed by atoms with E-state index in [1.54, 1.807) is 24.5 Å². The van der Waals surface area contributed by atoms with Crippen molar-refractivity contribution in [2.24, 2.45) is 11.8 Å². The Bertz CT molecular complexity index is 877. The van der Waals surface area contributed by atoms with Crippen LogP contribution < -0.4 is 10.1 Å². The number of likely N-dealkylation sites (tertiary alicyclic amines) is 2. The lowest BCUT2D eigenvalue weighted by Gasteiger charge is -2.37. The first-order valence-electron chi connectivity index (χ1n) is 12.1. The predicted molar refractivity (Wildman–Crippen MR) is 128 cm³/mol. The molecule has 7 heteroatoms. The number of hydrogen-bond donors (Lipinski definition) is 2. The summed E-state index contributed by atoms with van der Waals surface area (Å²) in [5, 5.41) is 12.8. The van der Waals surface area contributed by atoms with Crippen molar-refractivity contribution in [3.63, 3.8) is 0 Å². The lowest BCUT2D eigenvalue weighted by Crippen LogP contribution is -2.47. The predicted octanol–water partition coefficient (Wildman–Crippen LogP) is 2.90. The third-order valence-corrected chi connectivity index (χ3v) is 6.89. The molecule has 7 nitrogen and oxygen atoms in total. The fourth-order valence-electron chi connectivity index (χ4n) is 5.10. The van der Waals surface area contributed by atoms with Crippen LogP contribution in [0, 0.1) is 11.8 Å². The molecule has 2 fully saturated rings. The zero-order chi connectivity index (χ0) is 23.0. The van der Waals surface area contributed by atoms with Gasteiger partial charge in [0.25, 0.3) is 0 Å². The Hall–Kier alpha value is -2.64. The Morgan fingerprint density at radius 3 is 2.82 bits per heavy atom. The summed E-state index contributed by atoms with van der Waals surface area (Å²) in [5.74, 6) is 1.38. The molecule has 1 aromatic heterocycles. The van der Waals surface area contributed by atoms with Gasteiger partial charge >= 0.3 is 0 Å². The molecule has 0 bridgehead atoms. The average molecular weight is 453 g/mol. The highest BCUT2D eigenvalue weighted by atomic mass is 16.5. The molecule has 2 aliphatic rings. The van der Waals surface area contributed by atoms with Gasteiger partial charge in [-0.3, -0.25) is 14.7 Å². The fraction of sp³-hybridized carbons (Fsp3) is 0.538. The first-order chi connectivity index (χ1) is 16.1. The molecule has 33 heavy (non-hydrogen) atoms. The summed E-state index contributed by atoms with van der Waals surface area (Å²) in [5.41, 5.74) is 1.13. The summed E-state index contributed by atoms with van der Waals surface area (Å²) in [7, 11) is 2.18. The number of ether oxygens (including phenoxy) is 1. The number of aromatic hydroxyl groups is 1. The van der Waals surface area contributed by atoms with Crippen molar-refractivity contribution >= 4 is 5.91 Å². The third-order valence-electron chi connectivity index (χ3n) is 6.89. The number of carbonyl (C=O) groups excluding carboxylic acids is 1. The summed E-state index contributed by atoms with van der Waals surface area (Å²) in [6.07, 6.45) is 7.77. The molecule has 2 N–H and O–H groups in total. The maximum Gasteiger partial charge on any atom is 0.224 e. The largest absolute Gasteiger partial charge is 0.508 e. The van der Waals surface area contributed by atoms with Gasteiger partial charge in [0.2, 0.25) is 5.91 Å². The smallest absolute Gasteiger partial charge is 0.224 e. The van der Waals surface area contributed by atoms with Crippen LogP contribution in [-0.2, 0) is 11.3 Å². The van der Waals surface area contributed by atoms with Crippen LogP contribution in [0.3, 0.4) is 0 Å². The van der Waals surface area contributed by atoms with E-state index in [1.807, 2.05) is 24.3 Å². The molecule has 0 saturated carbocycles. The summed E-state index contributed by atoms with van der Waals surface area (Å²) in [6, 6.07) is 11.7. The van der Waals surface area contributed by atoms with Gasteiger partial charge in [-0.25, -0.2) is 0 Å². The molecule has 2 aliphatic heterocycles. The molecule has 178 valence electrons. The maximum atomic E-state index is 13.1. The minimum Gasteiger partial charge on any atom is -0.508 e. The molecular formula is C26H36N4O3. The second-order valence-electron chi connectivity index (χ2n) is 9.52. The van der Waals surface area contributed by atoms with E-state index in [1.165, 1.54) is 12.8 Å². The standard InChI is InChI=1S/C26H36N4O3/c1-29-13-3-4-23(29)10-12-28-26(32)22-14-21(19-33-25-5-2-11-27-15-25)17-30(18-22)16-20-6-8-24(31)9-7-20/h2,5-9,11,15,21-23,31H,3-4,10,12-14,16-19H2,1H3,(H,28,32)/t21-,22+,23?/m0/s1. The van der Waals surface area contributed by atoms with E-state index in [0.29, 0.717) is 12.6 Å². The number of benzene rings is 1. The highest BCUT2D eigenvalue weighted by molar-refractivity contribution is 5.79. The summed E-state index contributed by atoms with van der Waals surface area (Å²) >= 11 is 0. The van der Waals surface area contributed by atoms with Crippen molar-refractivity contribution in [3.8, 4) is 11.5 Å². The Morgan fingerprint density at radius 1 is 1.24 bits per heavy atom. The van der Waals surface area contributed by atoms with E-state index >= 15 is 0 Å². The van der Waals surface area contributed by atoms with Crippen molar-refractivity contribution < 1.29 is 14.6 Å². The molecule has 2 saturated heterocycles. The molecule has 0 aliphatic carbocycles. The Morgan fingerprint density at radius 2 is 2.09 bits per heavy atom. The van der Waals surface area contributed by atoms with Crippen LogP contribution in [-0.4, -0.2) is 71.7 Å². The Kier molecular flexibility index (Phi) is 8.18. The molecule has 0 spiro atoms. The molecule has 3 atom stereocenters. The van der Waals surface area contributed by atoms with Crippen LogP contribution in [0.2, 0.25) is 0 Å². The van der Waals surface area contributed by atoms with Crippen molar-refractivity contribution in [1.82, 2.24) is 20.1 Å². The number of pyridine rings is 1. The minimum absolute atomic E-state index is 0.0559. The van der Waals surface area contributed by atoms with Crippen LogP contribution in [0.25, 0.3) is 0 Å². The molecule has 1 unspecified atom stereocenters. The van der Waals surface area contributed by atoms with Gasteiger partial charge in [0.15, 0.2) is 0 Å². The van der Waals surface area contributed by atoms with E-state index in [-0.39, 0.29) is 23.5 Å². The van der Waals surface area contributed by atoms with Crippen molar-refractivity contribution in [1.29, 1.82) is 0 Å². The van der Waals surface area contributed by atoms with Crippen molar-refractivity contribution in [3.05, 3.63) is 54.4 Å². The number of nitrogens with zero attached hydrogens (tertiary/aromatic N) is 3. The lowest BCUT2D eigenvalue weighted by atomic mass is 9.88. The first-order valence-corrected chi connectivity index (χ1v) is 12.1. The van der Waals surface area contributed by atoms with Gasteiger partial charge in [-0.15, -0.1) is 0 Å². The summed E-state index contributed by atoms with van der Waals surface area (Å²) < 4.78 is 5.99. The van der Waals surface area contributed by atoms with Gasteiger partial charge in [0.05, 0.1) is 18.7 Å². The van der Waals surface area contributed by atoms with Crippen LogP contribution in [0.1, 0.15) is 31.2 Å². The number of rotatable bonds is 9. The zero-order valence-electron chi connectivity index (χ0n) is 19.5. The number of carbonyl (C=O) groups is 1. The second-order valence-corrected chi connectivity index (χ2v) is 9.52. The highest BCUT2D eigenvalue weighted by Gasteiger charge is 2.32. The summed E-state index contributed by atoms with van der Waals surface area (Å²) in [4.78, 5) is 21.9. The molecular weight excluding hydrogens is 416 g/mol. The molecule has 2 aromatic rings. The fourth-order valence-corrected chi connectivity index (χ4v) is 5.10. The Labute approximate surface area is 196 Å². The minimum atomic E-state index is -0.0559. The van der Waals surface area contributed by atoms with Gasteiger partial charge in [-0.2, -0.15) is 0 Å². The number of nitrogens with one attached hydrogen (secondary N) is 1. The van der Waals surface area contributed by atoms with E-state index in [4.69, 9.17) is 4.74 Å². The normalized spacial score (nSPS) is 24.0. The van der Waals surface area contributed by atoms with Gasteiger partial charge < -0.3 is 20.1 Å². The van der Waals surface area contributed by atoms with Crippen LogP contribution in [0.4, 0.5) is 0 Å². The SMILES string of the molecule is CN1CCCC1CCNC(=O)[C@@H]1C[C@H](COc2cccnc2)CN(Cc2ccc(O)cc2)C1. The maximum absolute atomic E-state index is 13.1. The van der Waals surface area contributed by atoms with E-state index in [0.717, 1.165) is 56.9 Å². The molecule has 0 radical (unpaired) electrons. The molecule has 4 rings (SSSR count). The van der Waals surface area contributed by atoms with E-state index < -0.39 is 0 Å². The Balaban J connectivity index is 1.34. The van der Waals surface area contributed by atoms with Gasteiger partial charge in [-0.05, 0) is 69.1 Å². The molecule has 3 heterocycles. The van der Waals surface area contributed by atoms with Gasteiger partial charge in [0.1, 0.15) is 11.5 Å². The number of aromatic nitrogens is 1.